The van der Waals surface area contributed by atoms with E-state index in [0.29, 0.717) is 16.5 Å². The van der Waals surface area contributed by atoms with Gasteiger partial charge in [0, 0.05) is 5.39 Å². The smallest absolute Gasteiger partial charge is 0.267 e. The summed E-state index contributed by atoms with van der Waals surface area (Å²) in [6, 6.07) is 8.24. The standard InChI is InChI=1S/C16H9Cl2F3N2O/c1-8-10-4-2-3-5-11(10)15(24)23(22-8)14-12(17)6-9(7-13(14)18)16(19,20)21/h2-7H,1H3. The summed E-state index contributed by atoms with van der Waals surface area (Å²) in [6.45, 7) is 1.68. The predicted molar refractivity (Wildman–Crippen MR) is 87.1 cm³/mol. The number of nitrogens with zero attached hydrogens (tertiary/aromatic N) is 2. The van der Waals surface area contributed by atoms with Crippen molar-refractivity contribution in [2.45, 2.75) is 13.1 Å². The van der Waals surface area contributed by atoms with Crippen LogP contribution in [0, 0.1) is 6.92 Å². The Hall–Kier alpha value is -2.05. The highest BCUT2D eigenvalue weighted by atomic mass is 35.5. The first-order valence-electron chi connectivity index (χ1n) is 6.75. The van der Waals surface area contributed by atoms with Gasteiger partial charge >= 0.3 is 6.18 Å². The molecule has 0 atom stereocenters. The lowest BCUT2D eigenvalue weighted by Crippen LogP contribution is -2.23. The normalized spacial score (nSPS) is 11.9. The summed E-state index contributed by atoms with van der Waals surface area (Å²) in [4.78, 5) is 12.6. The number of aromatic nitrogens is 2. The molecule has 0 aliphatic carbocycles. The van der Waals surface area contributed by atoms with Crippen molar-refractivity contribution in [2.24, 2.45) is 0 Å². The molecule has 2 aromatic carbocycles. The van der Waals surface area contributed by atoms with Crippen LogP contribution in [0.5, 0.6) is 0 Å². The van der Waals surface area contributed by atoms with E-state index in [1.807, 2.05) is 0 Å². The minimum Gasteiger partial charge on any atom is -0.267 e. The van der Waals surface area contributed by atoms with Gasteiger partial charge in [0.15, 0.2) is 0 Å². The third-order valence-electron chi connectivity index (χ3n) is 3.55. The molecule has 0 fully saturated rings. The van der Waals surface area contributed by atoms with Crippen LogP contribution in [0.3, 0.4) is 0 Å². The lowest BCUT2D eigenvalue weighted by Gasteiger charge is -2.14. The molecule has 0 aliphatic rings. The van der Waals surface area contributed by atoms with Crippen LogP contribution in [0.4, 0.5) is 13.2 Å². The molecule has 0 saturated heterocycles. The van der Waals surface area contributed by atoms with Gasteiger partial charge in [-0.3, -0.25) is 4.79 Å². The van der Waals surface area contributed by atoms with Crippen molar-refractivity contribution in [1.29, 1.82) is 0 Å². The minimum atomic E-state index is -4.59. The van der Waals surface area contributed by atoms with Crippen molar-refractivity contribution < 1.29 is 13.2 Å². The third-order valence-corrected chi connectivity index (χ3v) is 4.12. The van der Waals surface area contributed by atoms with E-state index in [-0.39, 0.29) is 15.7 Å². The van der Waals surface area contributed by atoms with E-state index in [1.54, 1.807) is 31.2 Å². The Morgan fingerprint density at radius 3 is 2.12 bits per heavy atom. The second-order valence-electron chi connectivity index (χ2n) is 5.13. The zero-order valence-corrected chi connectivity index (χ0v) is 13.7. The van der Waals surface area contributed by atoms with E-state index >= 15 is 0 Å². The van der Waals surface area contributed by atoms with Gasteiger partial charge in [0.1, 0.15) is 5.69 Å². The number of halogens is 5. The van der Waals surface area contributed by atoms with Crippen molar-refractivity contribution in [3.8, 4) is 5.69 Å². The molecule has 0 saturated carbocycles. The maximum atomic E-state index is 12.8. The van der Waals surface area contributed by atoms with Crippen LogP contribution in [0.25, 0.3) is 16.5 Å². The summed E-state index contributed by atoms with van der Waals surface area (Å²) >= 11 is 11.9. The zero-order chi connectivity index (χ0) is 17.6. The molecule has 8 heteroatoms. The third kappa shape index (κ3) is 2.76. The summed E-state index contributed by atoms with van der Waals surface area (Å²) in [7, 11) is 0. The van der Waals surface area contributed by atoms with Crippen LogP contribution in [0.2, 0.25) is 10.0 Å². The molecule has 1 heterocycles. The Balaban J connectivity index is 2.33. The second kappa shape index (κ2) is 5.79. The van der Waals surface area contributed by atoms with Crippen molar-refractivity contribution in [2.75, 3.05) is 0 Å². The van der Waals surface area contributed by atoms with Gasteiger partial charge in [-0.15, -0.1) is 0 Å². The Morgan fingerprint density at radius 1 is 1.04 bits per heavy atom. The fourth-order valence-electron chi connectivity index (χ4n) is 2.43. The molecule has 0 aliphatic heterocycles. The van der Waals surface area contributed by atoms with Gasteiger partial charge in [-0.2, -0.15) is 23.0 Å². The van der Waals surface area contributed by atoms with Crippen LogP contribution in [-0.2, 0) is 6.18 Å². The molecule has 24 heavy (non-hydrogen) atoms. The molecule has 0 amide bonds. The molecule has 0 unspecified atom stereocenters. The lowest BCUT2D eigenvalue weighted by molar-refractivity contribution is -0.137. The molecule has 0 bridgehead atoms. The van der Waals surface area contributed by atoms with Gasteiger partial charge in [0.05, 0.1) is 26.7 Å². The maximum Gasteiger partial charge on any atom is 0.416 e. The van der Waals surface area contributed by atoms with Crippen molar-refractivity contribution in [3.63, 3.8) is 0 Å². The average Bonchev–Trinajstić information content (AvgIpc) is 2.50. The molecule has 3 rings (SSSR count). The summed E-state index contributed by atoms with van der Waals surface area (Å²) in [5, 5.41) is 4.55. The first-order valence-corrected chi connectivity index (χ1v) is 7.51. The van der Waals surface area contributed by atoms with Crippen molar-refractivity contribution in [1.82, 2.24) is 9.78 Å². The van der Waals surface area contributed by atoms with E-state index < -0.39 is 17.3 Å². The van der Waals surface area contributed by atoms with Crippen LogP contribution in [0.1, 0.15) is 11.3 Å². The molecular weight excluding hydrogens is 364 g/mol. The number of alkyl halides is 3. The number of rotatable bonds is 1. The Bertz CT molecular complexity index is 989. The quantitative estimate of drug-likeness (QED) is 0.601. The molecular formula is C16H9Cl2F3N2O. The first kappa shape index (κ1) is 16.8. The Morgan fingerprint density at radius 2 is 1.58 bits per heavy atom. The monoisotopic (exact) mass is 372 g/mol. The highest BCUT2D eigenvalue weighted by molar-refractivity contribution is 6.37. The van der Waals surface area contributed by atoms with Crippen LogP contribution >= 0.6 is 23.2 Å². The fraction of sp³-hybridized carbons (Fsp3) is 0.125. The van der Waals surface area contributed by atoms with E-state index in [4.69, 9.17) is 23.2 Å². The maximum absolute atomic E-state index is 12.8. The SMILES string of the molecule is Cc1nn(-c2c(Cl)cc(C(F)(F)F)cc2Cl)c(=O)c2ccccc12. The van der Waals surface area contributed by atoms with E-state index in [1.165, 1.54) is 0 Å². The van der Waals surface area contributed by atoms with Gasteiger partial charge in [-0.1, -0.05) is 41.4 Å². The number of hydrogen-bond donors (Lipinski definition) is 0. The first-order chi connectivity index (χ1) is 11.2. The van der Waals surface area contributed by atoms with Crippen LogP contribution in [-0.4, -0.2) is 9.78 Å². The van der Waals surface area contributed by atoms with E-state index in [2.05, 4.69) is 5.10 Å². The largest absolute Gasteiger partial charge is 0.416 e. The predicted octanol–water partition coefficient (Wildman–Crippen LogP) is 5.02. The molecule has 1 aromatic heterocycles. The van der Waals surface area contributed by atoms with Crippen molar-refractivity contribution in [3.05, 3.63) is 68.1 Å². The van der Waals surface area contributed by atoms with Gasteiger partial charge in [0.2, 0.25) is 0 Å². The molecule has 3 nitrogen and oxygen atoms in total. The fourth-order valence-corrected chi connectivity index (χ4v) is 3.08. The van der Waals surface area contributed by atoms with E-state index in [9.17, 15) is 18.0 Å². The Kier molecular flexibility index (Phi) is 4.05. The summed E-state index contributed by atoms with van der Waals surface area (Å²) in [5.41, 5.74) is -1.06. The average molecular weight is 373 g/mol. The van der Waals surface area contributed by atoms with Gasteiger partial charge in [-0.05, 0) is 25.1 Å². The molecule has 3 aromatic rings. The molecule has 124 valence electrons. The minimum absolute atomic E-state index is 0.0785. The van der Waals surface area contributed by atoms with Gasteiger partial charge in [0.25, 0.3) is 5.56 Å². The number of hydrogen-bond acceptors (Lipinski definition) is 2. The lowest BCUT2D eigenvalue weighted by atomic mass is 10.1. The Labute approximate surface area is 144 Å². The highest BCUT2D eigenvalue weighted by Crippen LogP contribution is 2.37. The summed E-state index contributed by atoms with van der Waals surface area (Å²) < 4.78 is 39.4. The highest BCUT2D eigenvalue weighted by Gasteiger charge is 2.32. The number of aryl methyl sites for hydroxylation is 1. The summed E-state index contributed by atoms with van der Waals surface area (Å²) in [6.07, 6.45) is -4.59. The topological polar surface area (TPSA) is 34.9 Å². The van der Waals surface area contributed by atoms with Crippen molar-refractivity contribution >= 4 is 34.0 Å². The molecule has 0 spiro atoms. The van der Waals surface area contributed by atoms with E-state index in [0.717, 1.165) is 16.8 Å². The molecule has 0 N–H and O–H groups in total. The van der Waals surface area contributed by atoms with Gasteiger partial charge in [-0.25, -0.2) is 0 Å². The van der Waals surface area contributed by atoms with Gasteiger partial charge < -0.3 is 0 Å². The van der Waals surface area contributed by atoms with Crippen LogP contribution in [0.15, 0.2) is 41.2 Å². The zero-order valence-electron chi connectivity index (χ0n) is 12.2. The number of benzene rings is 2. The molecule has 0 radical (unpaired) electrons. The summed E-state index contributed by atoms with van der Waals surface area (Å²) in [5.74, 6) is 0. The van der Waals surface area contributed by atoms with Crippen LogP contribution < -0.4 is 5.56 Å². The number of fused-ring (bicyclic) bond motifs is 1. The second-order valence-corrected chi connectivity index (χ2v) is 5.95.